The first-order valence-corrected chi connectivity index (χ1v) is 12.7. The van der Waals surface area contributed by atoms with E-state index in [-0.39, 0.29) is 11.6 Å². The molecule has 2 fully saturated rings. The predicted octanol–water partition coefficient (Wildman–Crippen LogP) is 3.16. The monoisotopic (exact) mass is 575 g/mol. The molecular weight excluding hydrogens is 545 g/mol. The Labute approximate surface area is 229 Å². The number of esters is 2. The van der Waals surface area contributed by atoms with Crippen LogP contribution in [0.4, 0.5) is 4.79 Å². The molecule has 0 aromatic heterocycles. The van der Waals surface area contributed by atoms with Crippen molar-refractivity contribution in [2.45, 2.75) is 64.6 Å². The molecule has 1 aromatic carbocycles. The maximum atomic E-state index is 13.6. The third kappa shape index (κ3) is 6.17. The first-order valence-electron chi connectivity index (χ1n) is 11.9. The summed E-state index contributed by atoms with van der Waals surface area (Å²) in [6, 6.07) is 4.68. The number of carbonyl (C=O) groups is 4. The van der Waals surface area contributed by atoms with Gasteiger partial charge < -0.3 is 34.5 Å². The van der Waals surface area contributed by atoms with Crippen LogP contribution < -0.4 is 5.32 Å². The van der Waals surface area contributed by atoms with Crippen molar-refractivity contribution in [3.05, 3.63) is 33.8 Å². The van der Waals surface area contributed by atoms with Crippen LogP contribution in [0, 0.1) is 23.7 Å². The van der Waals surface area contributed by atoms with Gasteiger partial charge in [0.05, 0.1) is 34.6 Å². The van der Waals surface area contributed by atoms with Gasteiger partial charge in [0.1, 0.15) is 11.7 Å². The van der Waals surface area contributed by atoms with Crippen molar-refractivity contribution in [3.8, 4) is 0 Å². The maximum absolute atomic E-state index is 13.6. The summed E-state index contributed by atoms with van der Waals surface area (Å²) in [5.41, 5.74) is -2.60. The SMILES string of the molecule is CC(C)C(=O)OCOC(=O)[C@@]1(NC(=O)OC(C)(C)C)[C@@H]2[C@@H](C(=O)O)[C@@H]2[C@H](O)[C@H]1OCc1ccc(Cl)c(Cl)c1. The lowest BCUT2D eigenvalue weighted by Gasteiger charge is -2.38. The van der Waals surface area contributed by atoms with Gasteiger partial charge in [0.2, 0.25) is 6.79 Å². The van der Waals surface area contributed by atoms with Crippen LogP contribution in [0.5, 0.6) is 0 Å². The third-order valence-corrected chi connectivity index (χ3v) is 7.10. The van der Waals surface area contributed by atoms with Gasteiger partial charge in [-0.25, -0.2) is 9.59 Å². The molecule has 6 atom stereocenters. The molecule has 13 heteroatoms. The van der Waals surface area contributed by atoms with Gasteiger partial charge in [-0.3, -0.25) is 9.59 Å². The van der Waals surface area contributed by atoms with E-state index in [9.17, 15) is 29.4 Å². The molecule has 3 N–H and O–H groups in total. The van der Waals surface area contributed by atoms with Crippen LogP contribution in [0.1, 0.15) is 40.2 Å². The van der Waals surface area contributed by atoms with E-state index in [2.05, 4.69) is 5.32 Å². The molecule has 0 saturated heterocycles. The van der Waals surface area contributed by atoms with E-state index < -0.39 is 77.8 Å². The Morgan fingerprint density at radius 1 is 1.11 bits per heavy atom. The second kappa shape index (κ2) is 11.3. The minimum Gasteiger partial charge on any atom is -0.481 e. The number of carboxylic acid groups (broad SMARTS) is 1. The van der Waals surface area contributed by atoms with Crippen molar-refractivity contribution >= 4 is 47.2 Å². The predicted molar refractivity (Wildman–Crippen MR) is 133 cm³/mol. The topological polar surface area (TPSA) is 158 Å². The standard InChI is InChI=1S/C25H31Cl2NO10/c1-11(2)21(32)36-10-37-22(33)25(28-23(34)38-24(3,4)5)17-15(16(17)20(30)31)18(29)19(25)35-9-12-6-7-13(26)14(27)8-12/h6-8,11,15-19,29H,9-10H2,1-5H3,(H,28,34)(H,30,31)/t15-,16-,17-,18-,19+,25+/m0/s1. The maximum Gasteiger partial charge on any atom is 0.408 e. The summed E-state index contributed by atoms with van der Waals surface area (Å²) in [7, 11) is 0. The number of aliphatic hydroxyl groups is 1. The molecule has 38 heavy (non-hydrogen) atoms. The molecule has 2 aliphatic carbocycles. The molecule has 210 valence electrons. The Balaban J connectivity index is 1.96. The number of aliphatic carboxylic acids is 1. The molecule has 2 saturated carbocycles. The lowest BCUT2D eigenvalue weighted by atomic mass is 9.86. The largest absolute Gasteiger partial charge is 0.481 e. The van der Waals surface area contributed by atoms with Gasteiger partial charge in [0, 0.05) is 11.8 Å². The second-order valence-corrected chi connectivity index (χ2v) is 11.4. The van der Waals surface area contributed by atoms with E-state index in [0.29, 0.717) is 10.6 Å². The number of fused-ring (bicyclic) bond motifs is 1. The van der Waals surface area contributed by atoms with Crippen molar-refractivity contribution in [1.29, 1.82) is 0 Å². The fraction of sp³-hybridized carbons (Fsp3) is 0.600. The number of carbonyl (C=O) groups excluding carboxylic acids is 3. The van der Waals surface area contributed by atoms with Gasteiger partial charge in [-0.05, 0) is 38.5 Å². The third-order valence-electron chi connectivity index (χ3n) is 6.36. The molecule has 3 rings (SSSR count). The van der Waals surface area contributed by atoms with E-state index in [1.54, 1.807) is 40.7 Å². The highest BCUT2D eigenvalue weighted by atomic mass is 35.5. The Hall–Kier alpha value is -2.60. The smallest absolute Gasteiger partial charge is 0.408 e. The van der Waals surface area contributed by atoms with Gasteiger partial charge in [-0.15, -0.1) is 0 Å². The summed E-state index contributed by atoms with van der Waals surface area (Å²) in [6.07, 6.45) is -3.96. The highest BCUT2D eigenvalue weighted by molar-refractivity contribution is 6.42. The molecular formula is C25H31Cl2NO10. The molecule has 1 amide bonds. The number of halogens is 2. The van der Waals surface area contributed by atoms with Crippen molar-refractivity contribution in [2.24, 2.45) is 23.7 Å². The van der Waals surface area contributed by atoms with Gasteiger partial charge in [0.25, 0.3) is 0 Å². The summed E-state index contributed by atoms with van der Waals surface area (Å²) in [4.78, 5) is 50.3. The lowest BCUT2D eigenvalue weighted by molar-refractivity contribution is -0.182. The summed E-state index contributed by atoms with van der Waals surface area (Å²) in [5, 5.41) is 23.8. The number of alkyl carbamates (subject to hydrolysis) is 1. The molecule has 1 aromatic rings. The Morgan fingerprint density at radius 3 is 2.32 bits per heavy atom. The summed E-state index contributed by atoms with van der Waals surface area (Å²) < 4.78 is 21.4. The molecule has 0 aliphatic heterocycles. The van der Waals surface area contributed by atoms with Gasteiger partial charge >= 0.3 is 24.0 Å². The van der Waals surface area contributed by atoms with Crippen molar-refractivity contribution in [2.75, 3.05) is 6.79 Å². The highest BCUT2D eigenvalue weighted by Gasteiger charge is 2.81. The van der Waals surface area contributed by atoms with Crippen LogP contribution in [-0.2, 0) is 39.9 Å². The molecule has 0 spiro atoms. The number of hydrogen-bond acceptors (Lipinski definition) is 9. The Kier molecular flexibility index (Phi) is 8.87. The average molecular weight is 576 g/mol. The van der Waals surface area contributed by atoms with E-state index in [0.717, 1.165) is 0 Å². The molecule has 2 aliphatic rings. The number of nitrogens with one attached hydrogen (secondary N) is 1. The van der Waals surface area contributed by atoms with Crippen molar-refractivity contribution < 1.29 is 48.3 Å². The fourth-order valence-electron chi connectivity index (χ4n) is 4.73. The van der Waals surface area contributed by atoms with Crippen LogP contribution in [0.15, 0.2) is 18.2 Å². The number of ether oxygens (including phenoxy) is 4. The van der Waals surface area contributed by atoms with Crippen molar-refractivity contribution in [1.82, 2.24) is 5.32 Å². The van der Waals surface area contributed by atoms with Crippen LogP contribution in [-0.4, -0.2) is 64.4 Å². The Bertz CT molecular complexity index is 1100. The van der Waals surface area contributed by atoms with Crippen LogP contribution in [0.25, 0.3) is 0 Å². The summed E-state index contributed by atoms with van der Waals surface area (Å²) >= 11 is 12.0. The van der Waals surface area contributed by atoms with E-state index in [4.69, 9.17) is 42.1 Å². The fourth-order valence-corrected chi connectivity index (χ4v) is 5.05. The van der Waals surface area contributed by atoms with E-state index in [1.807, 2.05) is 0 Å². The van der Waals surface area contributed by atoms with Crippen LogP contribution in [0.3, 0.4) is 0 Å². The molecule has 0 bridgehead atoms. The highest BCUT2D eigenvalue weighted by Crippen LogP contribution is 2.63. The van der Waals surface area contributed by atoms with E-state index >= 15 is 0 Å². The van der Waals surface area contributed by atoms with Gasteiger partial charge in [-0.2, -0.15) is 0 Å². The van der Waals surface area contributed by atoms with Crippen molar-refractivity contribution in [3.63, 3.8) is 0 Å². The lowest BCUT2D eigenvalue weighted by Crippen LogP contribution is -2.66. The number of aliphatic hydroxyl groups excluding tert-OH is 1. The number of benzene rings is 1. The van der Waals surface area contributed by atoms with Gasteiger partial charge in [-0.1, -0.05) is 43.1 Å². The zero-order valence-electron chi connectivity index (χ0n) is 21.5. The first-order chi connectivity index (χ1) is 17.6. The van der Waals surface area contributed by atoms with Crippen LogP contribution in [0.2, 0.25) is 10.0 Å². The zero-order valence-corrected chi connectivity index (χ0v) is 23.0. The molecule has 0 unspecified atom stereocenters. The molecule has 0 heterocycles. The normalized spacial score (nSPS) is 27.9. The minimum absolute atomic E-state index is 0.177. The van der Waals surface area contributed by atoms with Gasteiger partial charge in [0.15, 0.2) is 5.54 Å². The number of rotatable bonds is 9. The molecule has 11 nitrogen and oxygen atoms in total. The quantitative estimate of drug-likeness (QED) is 0.295. The average Bonchev–Trinajstić information content (AvgIpc) is 3.50. The Morgan fingerprint density at radius 2 is 1.76 bits per heavy atom. The molecule has 0 radical (unpaired) electrons. The second-order valence-electron chi connectivity index (χ2n) is 10.6. The first kappa shape index (κ1) is 29.9. The summed E-state index contributed by atoms with van der Waals surface area (Å²) in [5.74, 6) is -6.73. The number of amides is 1. The minimum atomic E-state index is -2.17. The zero-order chi connectivity index (χ0) is 28.6. The summed E-state index contributed by atoms with van der Waals surface area (Å²) in [6.45, 7) is 7.01. The number of carboxylic acids is 1. The number of hydrogen-bond donors (Lipinski definition) is 3. The van der Waals surface area contributed by atoms with E-state index in [1.165, 1.54) is 12.1 Å². The van der Waals surface area contributed by atoms with Crippen LogP contribution >= 0.6 is 23.2 Å².